The first-order valence-electron chi connectivity index (χ1n) is 7.49. The monoisotopic (exact) mass is 332 g/mol. The highest BCUT2D eigenvalue weighted by Gasteiger charge is 2.28. The van der Waals surface area contributed by atoms with Crippen LogP contribution < -0.4 is 5.32 Å². The maximum Gasteiger partial charge on any atom is 0.308 e. The molecule has 2 unspecified atom stereocenters. The van der Waals surface area contributed by atoms with E-state index in [4.69, 9.17) is 0 Å². The number of carboxylic acid groups (broad SMARTS) is 1. The molecule has 0 aliphatic heterocycles. The Morgan fingerprint density at radius 2 is 1.96 bits per heavy atom. The van der Waals surface area contributed by atoms with Crippen LogP contribution in [0.2, 0.25) is 0 Å². The average molecular weight is 332 g/mol. The fourth-order valence-electron chi connectivity index (χ4n) is 2.32. The summed E-state index contributed by atoms with van der Waals surface area (Å²) in [5.41, 5.74) is 1.45. The Hall–Kier alpha value is -2.21. The van der Waals surface area contributed by atoms with E-state index >= 15 is 0 Å². The normalized spacial score (nSPS) is 13.3. The number of aromatic nitrogens is 1. The molecule has 0 saturated carbocycles. The lowest BCUT2D eigenvalue weighted by molar-refractivity contribution is -0.142. The number of amides is 1. The van der Waals surface area contributed by atoms with Crippen molar-refractivity contribution >= 4 is 23.2 Å². The van der Waals surface area contributed by atoms with Crippen molar-refractivity contribution in [1.29, 1.82) is 0 Å². The van der Waals surface area contributed by atoms with Crippen molar-refractivity contribution in [2.45, 2.75) is 33.2 Å². The molecule has 6 heteroatoms. The van der Waals surface area contributed by atoms with Gasteiger partial charge in [-0.15, -0.1) is 11.3 Å². The number of thiazole rings is 1. The van der Waals surface area contributed by atoms with Gasteiger partial charge in [0, 0.05) is 0 Å². The summed E-state index contributed by atoms with van der Waals surface area (Å²) in [6.45, 7) is 5.37. The third kappa shape index (κ3) is 3.96. The van der Waals surface area contributed by atoms with Crippen LogP contribution in [0, 0.1) is 12.8 Å². The third-order valence-corrected chi connectivity index (χ3v) is 4.98. The standard InChI is InChI=1S/C17H20N2O3S/c1-4-13-18-11(3)15(23-13)16(20)19-14(10(2)17(21)22)12-8-6-5-7-9-12/h5-10,14H,4H2,1-3H3,(H,19,20)(H,21,22). The summed E-state index contributed by atoms with van der Waals surface area (Å²) in [4.78, 5) is 28.9. The summed E-state index contributed by atoms with van der Waals surface area (Å²) < 4.78 is 0. The Kier molecular flexibility index (Phi) is 5.50. The molecule has 1 heterocycles. The number of hydrogen-bond acceptors (Lipinski definition) is 4. The van der Waals surface area contributed by atoms with E-state index in [0.29, 0.717) is 10.6 Å². The molecule has 0 bridgehead atoms. The van der Waals surface area contributed by atoms with Gasteiger partial charge in [0.25, 0.3) is 5.91 Å². The van der Waals surface area contributed by atoms with E-state index in [9.17, 15) is 14.7 Å². The minimum atomic E-state index is -0.950. The van der Waals surface area contributed by atoms with Gasteiger partial charge in [-0.25, -0.2) is 4.98 Å². The summed E-state index contributed by atoms with van der Waals surface area (Å²) in [5.74, 6) is -1.96. The van der Waals surface area contributed by atoms with E-state index in [2.05, 4.69) is 10.3 Å². The third-order valence-electron chi connectivity index (χ3n) is 3.68. The van der Waals surface area contributed by atoms with Gasteiger partial charge in [0.15, 0.2) is 0 Å². The van der Waals surface area contributed by atoms with Crippen LogP contribution in [0.1, 0.15) is 45.8 Å². The topological polar surface area (TPSA) is 79.3 Å². The molecule has 2 atom stereocenters. The van der Waals surface area contributed by atoms with Gasteiger partial charge in [-0.05, 0) is 25.8 Å². The number of carbonyl (C=O) groups is 2. The van der Waals surface area contributed by atoms with Gasteiger partial charge < -0.3 is 10.4 Å². The number of benzene rings is 1. The van der Waals surface area contributed by atoms with E-state index < -0.39 is 17.9 Å². The van der Waals surface area contributed by atoms with Crippen LogP contribution in [0.5, 0.6) is 0 Å². The van der Waals surface area contributed by atoms with Crippen molar-refractivity contribution in [1.82, 2.24) is 10.3 Å². The van der Waals surface area contributed by atoms with Crippen LogP contribution in [-0.4, -0.2) is 22.0 Å². The molecule has 0 saturated heterocycles. The summed E-state index contributed by atoms with van der Waals surface area (Å²) in [5, 5.41) is 13.1. The Morgan fingerprint density at radius 1 is 1.30 bits per heavy atom. The molecule has 0 aliphatic rings. The van der Waals surface area contributed by atoms with E-state index in [1.165, 1.54) is 11.3 Å². The zero-order valence-corrected chi connectivity index (χ0v) is 14.2. The van der Waals surface area contributed by atoms with Crippen LogP contribution in [0.25, 0.3) is 0 Å². The predicted octanol–water partition coefficient (Wildman–Crippen LogP) is 3.21. The highest BCUT2D eigenvalue weighted by molar-refractivity contribution is 7.13. The van der Waals surface area contributed by atoms with E-state index in [0.717, 1.165) is 17.0 Å². The quantitative estimate of drug-likeness (QED) is 0.851. The molecule has 0 spiro atoms. The van der Waals surface area contributed by atoms with Crippen molar-refractivity contribution in [2.24, 2.45) is 5.92 Å². The first-order valence-corrected chi connectivity index (χ1v) is 8.30. The van der Waals surface area contributed by atoms with E-state index in [1.54, 1.807) is 13.8 Å². The molecule has 122 valence electrons. The maximum atomic E-state index is 12.6. The fourth-order valence-corrected chi connectivity index (χ4v) is 3.23. The van der Waals surface area contributed by atoms with Gasteiger partial charge in [-0.3, -0.25) is 9.59 Å². The van der Waals surface area contributed by atoms with Crippen molar-refractivity contribution < 1.29 is 14.7 Å². The lowest BCUT2D eigenvalue weighted by atomic mass is 9.94. The van der Waals surface area contributed by atoms with Crippen LogP contribution in [0.4, 0.5) is 0 Å². The average Bonchev–Trinajstić information content (AvgIpc) is 2.93. The number of nitrogens with one attached hydrogen (secondary N) is 1. The van der Waals surface area contributed by atoms with Crippen LogP contribution in [-0.2, 0) is 11.2 Å². The second kappa shape index (κ2) is 7.37. The van der Waals surface area contributed by atoms with Crippen molar-refractivity contribution in [2.75, 3.05) is 0 Å². The zero-order valence-electron chi connectivity index (χ0n) is 13.4. The summed E-state index contributed by atoms with van der Waals surface area (Å²) in [6, 6.07) is 8.57. The lowest BCUT2D eigenvalue weighted by Gasteiger charge is -2.22. The number of carbonyl (C=O) groups excluding carboxylic acids is 1. The van der Waals surface area contributed by atoms with Gasteiger partial charge in [0.05, 0.1) is 22.7 Å². The highest BCUT2D eigenvalue weighted by atomic mass is 32.1. The SMILES string of the molecule is CCc1nc(C)c(C(=O)NC(c2ccccc2)C(C)C(=O)O)s1. The number of rotatable bonds is 6. The first kappa shape index (κ1) is 17.1. The second-order valence-electron chi connectivity index (χ2n) is 5.36. The number of hydrogen-bond donors (Lipinski definition) is 2. The van der Waals surface area contributed by atoms with Crippen LogP contribution >= 0.6 is 11.3 Å². The molecular weight excluding hydrogens is 312 g/mol. The molecule has 2 aromatic rings. The molecule has 0 fully saturated rings. The minimum absolute atomic E-state index is 0.276. The smallest absolute Gasteiger partial charge is 0.308 e. The van der Waals surface area contributed by atoms with Gasteiger partial charge in [0.1, 0.15) is 4.88 Å². The van der Waals surface area contributed by atoms with E-state index in [-0.39, 0.29) is 5.91 Å². The summed E-state index contributed by atoms with van der Waals surface area (Å²) in [7, 11) is 0. The first-order chi connectivity index (χ1) is 10.9. The fraction of sp³-hybridized carbons (Fsp3) is 0.353. The highest BCUT2D eigenvalue weighted by Crippen LogP contribution is 2.25. The Balaban J connectivity index is 2.28. The number of nitrogens with zero attached hydrogens (tertiary/aromatic N) is 1. The summed E-state index contributed by atoms with van der Waals surface area (Å²) >= 11 is 1.35. The Bertz CT molecular complexity index is 697. The maximum absolute atomic E-state index is 12.6. The molecule has 0 radical (unpaired) electrons. The number of carboxylic acids is 1. The molecule has 2 N–H and O–H groups in total. The number of aliphatic carboxylic acids is 1. The van der Waals surface area contributed by atoms with Crippen molar-refractivity contribution in [3.8, 4) is 0 Å². The Morgan fingerprint density at radius 3 is 2.48 bits per heavy atom. The molecule has 0 aliphatic carbocycles. The molecule has 1 amide bonds. The summed E-state index contributed by atoms with van der Waals surface area (Å²) in [6.07, 6.45) is 0.770. The van der Waals surface area contributed by atoms with Gasteiger partial charge in [-0.2, -0.15) is 0 Å². The van der Waals surface area contributed by atoms with E-state index in [1.807, 2.05) is 37.3 Å². The van der Waals surface area contributed by atoms with Crippen molar-refractivity contribution in [3.05, 3.63) is 51.5 Å². The molecular formula is C17H20N2O3S. The second-order valence-corrected chi connectivity index (χ2v) is 6.45. The predicted molar refractivity (Wildman–Crippen MR) is 89.7 cm³/mol. The molecule has 23 heavy (non-hydrogen) atoms. The Labute approximate surface area is 139 Å². The largest absolute Gasteiger partial charge is 0.481 e. The van der Waals surface area contributed by atoms with Gasteiger partial charge in [0.2, 0.25) is 0 Å². The molecule has 2 rings (SSSR count). The minimum Gasteiger partial charge on any atom is -0.481 e. The number of aryl methyl sites for hydroxylation is 2. The molecule has 5 nitrogen and oxygen atoms in total. The van der Waals surface area contributed by atoms with Gasteiger partial charge in [-0.1, -0.05) is 37.3 Å². The zero-order chi connectivity index (χ0) is 17.0. The van der Waals surface area contributed by atoms with Crippen LogP contribution in [0.3, 0.4) is 0 Å². The lowest BCUT2D eigenvalue weighted by Crippen LogP contribution is -2.35. The van der Waals surface area contributed by atoms with Gasteiger partial charge >= 0.3 is 5.97 Å². The van der Waals surface area contributed by atoms with Crippen molar-refractivity contribution in [3.63, 3.8) is 0 Å². The molecule has 1 aromatic heterocycles. The van der Waals surface area contributed by atoms with Crippen LogP contribution in [0.15, 0.2) is 30.3 Å². The molecule has 1 aromatic carbocycles.